The lowest BCUT2D eigenvalue weighted by atomic mass is 10.0. The standard InChI is InChI=1S/C25H37NO2/c1-3-5-7-8-9-11-22-12-14-23(15-13-22)25-17-16-24(21-26-25)28-20-19-27-18-10-6-4-2/h12-17,21H,3-11,18-20H2,1-2H3. The summed E-state index contributed by atoms with van der Waals surface area (Å²) in [6.07, 6.45) is 13.2. The van der Waals surface area contributed by atoms with Crippen LogP contribution >= 0.6 is 0 Å². The molecule has 1 heterocycles. The van der Waals surface area contributed by atoms with Crippen LogP contribution < -0.4 is 4.74 Å². The summed E-state index contributed by atoms with van der Waals surface area (Å²) >= 11 is 0. The summed E-state index contributed by atoms with van der Waals surface area (Å²) in [4.78, 5) is 4.55. The number of hydrogen-bond donors (Lipinski definition) is 0. The maximum absolute atomic E-state index is 5.71. The second kappa shape index (κ2) is 14.2. The van der Waals surface area contributed by atoms with Gasteiger partial charge in [-0.05, 0) is 37.0 Å². The van der Waals surface area contributed by atoms with Crippen molar-refractivity contribution in [3.63, 3.8) is 0 Å². The van der Waals surface area contributed by atoms with Crippen LogP contribution in [0.3, 0.4) is 0 Å². The molecule has 0 aliphatic carbocycles. The van der Waals surface area contributed by atoms with E-state index in [-0.39, 0.29) is 0 Å². The minimum atomic E-state index is 0.570. The van der Waals surface area contributed by atoms with Crippen LogP contribution in [0, 0.1) is 0 Å². The Morgan fingerprint density at radius 2 is 1.46 bits per heavy atom. The molecule has 0 aliphatic rings. The summed E-state index contributed by atoms with van der Waals surface area (Å²) in [7, 11) is 0. The Bertz CT molecular complexity index is 622. The second-order valence-corrected chi connectivity index (χ2v) is 7.41. The van der Waals surface area contributed by atoms with E-state index < -0.39 is 0 Å². The summed E-state index contributed by atoms with van der Waals surface area (Å²) in [5.41, 5.74) is 3.55. The van der Waals surface area contributed by atoms with Gasteiger partial charge >= 0.3 is 0 Å². The van der Waals surface area contributed by atoms with Gasteiger partial charge in [-0.3, -0.25) is 4.98 Å². The molecule has 28 heavy (non-hydrogen) atoms. The fraction of sp³-hybridized carbons (Fsp3) is 0.560. The van der Waals surface area contributed by atoms with Crippen molar-refractivity contribution in [2.45, 2.75) is 71.6 Å². The van der Waals surface area contributed by atoms with Crippen LogP contribution in [0.4, 0.5) is 0 Å². The van der Waals surface area contributed by atoms with Crippen molar-refractivity contribution in [3.8, 4) is 17.0 Å². The summed E-state index contributed by atoms with van der Waals surface area (Å²) < 4.78 is 11.3. The molecule has 154 valence electrons. The predicted molar refractivity (Wildman–Crippen MR) is 118 cm³/mol. The van der Waals surface area contributed by atoms with Gasteiger partial charge in [-0.2, -0.15) is 0 Å². The summed E-state index contributed by atoms with van der Waals surface area (Å²) in [5, 5.41) is 0. The number of rotatable bonds is 15. The molecule has 0 radical (unpaired) electrons. The molecule has 0 fully saturated rings. The molecular formula is C25H37NO2. The fourth-order valence-corrected chi connectivity index (χ4v) is 3.19. The molecule has 0 atom stereocenters. The quantitative estimate of drug-likeness (QED) is 0.315. The van der Waals surface area contributed by atoms with Crippen molar-refractivity contribution in [2.75, 3.05) is 19.8 Å². The highest BCUT2D eigenvalue weighted by Gasteiger charge is 2.02. The maximum atomic E-state index is 5.71. The van der Waals surface area contributed by atoms with Crippen LogP contribution in [0.1, 0.15) is 70.8 Å². The van der Waals surface area contributed by atoms with Gasteiger partial charge in [-0.25, -0.2) is 0 Å². The molecular weight excluding hydrogens is 346 g/mol. The highest BCUT2D eigenvalue weighted by atomic mass is 16.5. The number of nitrogens with zero attached hydrogens (tertiary/aromatic N) is 1. The van der Waals surface area contributed by atoms with E-state index in [1.165, 1.54) is 56.9 Å². The first-order valence-corrected chi connectivity index (χ1v) is 11.1. The van der Waals surface area contributed by atoms with Gasteiger partial charge in [0.15, 0.2) is 0 Å². The molecule has 1 aromatic carbocycles. The van der Waals surface area contributed by atoms with Gasteiger partial charge in [0.25, 0.3) is 0 Å². The highest BCUT2D eigenvalue weighted by molar-refractivity contribution is 5.59. The van der Waals surface area contributed by atoms with Gasteiger partial charge in [0, 0.05) is 12.2 Å². The molecule has 3 nitrogen and oxygen atoms in total. The first-order chi connectivity index (χ1) is 13.8. The van der Waals surface area contributed by atoms with Crippen LogP contribution in [0.2, 0.25) is 0 Å². The van der Waals surface area contributed by atoms with E-state index in [1.807, 2.05) is 12.1 Å². The number of ether oxygens (including phenoxy) is 2. The van der Waals surface area contributed by atoms with Crippen molar-refractivity contribution < 1.29 is 9.47 Å². The van der Waals surface area contributed by atoms with Crippen molar-refractivity contribution >= 4 is 0 Å². The van der Waals surface area contributed by atoms with E-state index in [0.29, 0.717) is 13.2 Å². The maximum Gasteiger partial charge on any atom is 0.137 e. The Balaban J connectivity index is 1.70. The molecule has 2 aromatic rings. The number of aryl methyl sites for hydroxylation is 1. The largest absolute Gasteiger partial charge is 0.490 e. The third kappa shape index (κ3) is 8.88. The van der Waals surface area contributed by atoms with E-state index in [9.17, 15) is 0 Å². The molecule has 0 saturated heterocycles. The third-order valence-electron chi connectivity index (χ3n) is 4.94. The van der Waals surface area contributed by atoms with Gasteiger partial charge in [-0.15, -0.1) is 0 Å². The Labute approximate surface area is 171 Å². The SMILES string of the molecule is CCCCCCCc1ccc(-c2ccc(OCCOCCCCC)cn2)cc1. The Hall–Kier alpha value is -1.87. The fourth-order valence-electron chi connectivity index (χ4n) is 3.19. The highest BCUT2D eigenvalue weighted by Crippen LogP contribution is 2.21. The Morgan fingerprint density at radius 1 is 0.714 bits per heavy atom. The summed E-state index contributed by atoms with van der Waals surface area (Å²) in [6.45, 7) is 6.48. The molecule has 0 N–H and O–H groups in total. The average molecular weight is 384 g/mol. The topological polar surface area (TPSA) is 31.4 Å². The van der Waals surface area contributed by atoms with Gasteiger partial charge in [0.2, 0.25) is 0 Å². The number of aromatic nitrogens is 1. The van der Waals surface area contributed by atoms with Crippen LogP contribution in [-0.4, -0.2) is 24.8 Å². The van der Waals surface area contributed by atoms with E-state index in [0.717, 1.165) is 30.0 Å². The van der Waals surface area contributed by atoms with Crippen molar-refractivity contribution in [3.05, 3.63) is 48.2 Å². The number of unbranched alkanes of at least 4 members (excludes halogenated alkanes) is 6. The number of benzene rings is 1. The van der Waals surface area contributed by atoms with Crippen molar-refractivity contribution in [2.24, 2.45) is 0 Å². The number of pyridine rings is 1. The van der Waals surface area contributed by atoms with Crippen LogP contribution in [-0.2, 0) is 11.2 Å². The van der Waals surface area contributed by atoms with Crippen LogP contribution in [0.25, 0.3) is 11.3 Å². The van der Waals surface area contributed by atoms with Crippen molar-refractivity contribution in [1.82, 2.24) is 4.98 Å². The minimum absolute atomic E-state index is 0.570. The molecule has 2 rings (SSSR count). The van der Waals surface area contributed by atoms with Gasteiger partial charge in [0.1, 0.15) is 12.4 Å². The average Bonchev–Trinajstić information content (AvgIpc) is 2.74. The number of hydrogen-bond acceptors (Lipinski definition) is 3. The third-order valence-corrected chi connectivity index (χ3v) is 4.94. The van der Waals surface area contributed by atoms with Gasteiger partial charge in [-0.1, -0.05) is 76.6 Å². The zero-order chi connectivity index (χ0) is 19.9. The zero-order valence-electron chi connectivity index (χ0n) is 17.8. The molecule has 0 amide bonds. The van der Waals surface area contributed by atoms with E-state index in [2.05, 4.69) is 43.1 Å². The first-order valence-electron chi connectivity index (χ1n) is 11.1. The minimum Gasteiger partial charge on any atom is -0.490 e. The van der Waals surface area contributed by atoms with E-state index >= 15 is 0 Å². The van der Waals surface area contributed by atoms with Gasteiger partial charge < -0.3 is 9.47 Å². The lowest BCUT2D eigenvalue weighted by Gasteiger charge is -2.08. The normalized spacial score (nSPS) is 10.9. The van der Waals surface area contributed by atoms with E-state index in [1.54, 1.807) is 6.20 Å². The molecule has 1 aromatic heterocycles. The molecule has 0 bridgehead atoms. The van der Waals surface area contributed by atoms with Crippen LogP contribution in [0.15, 0.2) is 42.6 Å². The summed E-state index contributed by atoms with van der Waals surface area (Å²) in [5.74, 6) is 0.796. The smallest absolute Gasteiger partial charge is 0.137 e. The van der Waals surface area contributed by atoms with Crippen LogP contribution in [0.5, 0.6) is 5.75 Å². The monoisotopic (exact) mass is 383 g/mol. The molecule has 3 heteroatoms. The Morgan fingerprint density at radius 3 is 2.18 bits per heavy atom. The molecule has 0 spiro atoms. The zero-order valence-corrected chi connectivity index (χ0v) is 17.8. The Kier molecular flexibility index (Phi) is 11.3. The second-order valence-electron chi connectivity index (χ2n) is 7.41. The molecule has 0 saturated carbocycles. The predicted octanol–water partition coefficient (Wildman–Crippen LogP) is 6.85. The lowest BCUT2D eigenvalue weighted by Crippen LogP contribution is -2.07. The first kappa shape index (κ1) is 22.4. The van der Waals surface area contributed by atoms with Crippen molar-refractivity contribution in [1.29, 1.82) is 0 Å². The molecule has 0 unspecified atom stereocenters. The molecule has 0 aliphatic heterocycles. The lowest BCUT2D eigenvalue weighted by molar-refractivity contribution is 0.0972. The van der Waals surface area contributed by atoms with Gasteiger partial charge in [0.05, 0.1) is 18.5 Å². The summed E-state index contributed by atoms with van der Waals surface area (Å²) in [6, 6.07) is 12.8. The van der Waals surface area contributed by atoms with E-state index in [4.69, 9.17) is 9.47 Å².